The van der Waals surface area contributed by atoms with Crippen LogP contribution < -0.4 is 0 Å². The topological polar surface area (TPSA) is 40.5 Å². The van der Waals surface area contributed by atoms with Crippen molar-refractivity contribution in [3.05, 3.63) is 21.9 Å². The summed E-state index contributed by atoms with van der Waals surface area (Å²) >= 11 is 1.63. The van der Waals surface area contributed by atoms with Gasteiger partial charge in [-0.25, -0.2) is 0 Å². The third kappa shape index (κ3) is 3.62. The Kier molecular flexibility index (Phi) is 4.52. The van der Waals surface area contributed by atoms with Gasteiger partial charge in [0, 0.05) is 35.2 Å². The van der Waals surface area contributed by atoms with Crippen LogP contribution in [0, 0.1) is 23.2 Å². The van der Waals surface area contributed by atoms with Crippen molar-refractivity contribution < 1.29 is 9.90 Å². The summed E-state index contributed by atoms with van der Waals surface area (Å²) in [6, 6.07) is 2.02. The van der Waals surface area contributed by atoms with E-state index < -0.39 is 0 Å². The highest BCUT2D eigenvalue weighted by Gasteiger charge is 2.51. The lowest BCUT2D eigenvalue weighted by Crippen LogP contribution is -2.28. The lowest BCUT2D eigenvalue weighted by Gasteiger charge is -2.17. The van der Waals surface area contributed by atoms with E-state index >= 15 is 0 Å². The minimum absolute atomic E-state index is 0.0956. The van der Waals surface area contributed by atoms with E-state index in [0.29, 0.717) is 13.0 Å². The Morgan fingerprint density at radius 2 is 2.30 bits per heavy atom. The van der Waals surface area contributed by atoms with E-state index in [0.717, 1.165) is 16.9 Å². The second-order valence-corrected chi connectivity index (χ2v) is 7.01. The van der Waals surface area contributed by atoms with Gasteiger partial charge >= 0.3 is 0 Å². The van der Waals surface area contributed by atoms with Crippen LogP contribution in [-0.2, 0) is 11.3 Å². The number of rotatable bonds is 4. The molecule has 1 amide bonds. The quantitative estimate of drug-likeness (QED) is 0.866. The second kappa shape index (κ2) is 5.99. The fourth-order valence-electron chi connectivity index (χ4n) is 2.22. The molecule has 0 radical (unpaired) electrons. The second-order valence-electron chi connectivity index (χ2n) is 6.02. The molecule has 4 heteroatoms. The van der Waals surface area contributed by atoms with Crippen LogP contribution in [0.1, 0.15) is 37.1 Å². The summed E-state index contributed by atoms with van der Waals surface area (Å²) in [6.07, 6.45) is 1.50. The molecule has 0 aromatic carbocycles. The number of amides is 1. The van der Waals surface area contributed by atoms with E-state index in [2.05, 4.69) is 25.7 Å². The Morgan fingerprint density at radius 1 is 1.60 bits per heavy atom. The normalized spacial score (nSPS) is 19.1. The van der Waals surface area contributed by atoms with Crippen LogP contribution in [0.15, 0.2) is 11.4 Å². The molecule has 1 aliphatic carbocycles. The number of carbonyl (C=O) groups excluding carboxylic acids is 1. The Bertz CT molecular complexity index is 550. The SMILES string of the molecule is CN(Cc1cc(C#CCCO)cs1)C(=O)C1CC1(C)C. The third-order valence-electron chi connectivity index (χ3n) is 3.70. The zero-order chi connectivity index (χ0) is 14.8. The first-order chi connectivity index (χ1) is 9.44. The van der Waals surface area contributed by atoms with E-state index in [1.54, 1.807) is 11.3 Å². The minimum Gasteiger partial charge on any atom is -0.395 e. The summed E-state index contributed by atoms with van der Waals surface area (Å²) in [4.78, 5) is 15.2. The van der Waals surface area contributed by atoms with Gasteiger partial charge in [-0.3, -0.25) is 4.79 Å². The van der Waals surface area contributed by atoms with Crippen molar-refractivity contribution in [1.29, 1.82) is 0 Å². The predicted molar refractivity (Wildman–Crippen MR) is 81.3 cm³/mol. The molecular formula is C16H21NO2S. The maximum absolute atomic E-state index is 12.2. The third-order valence-corrected chi connectivity index (χ3v) is 4.63. The molecule has 1 aromatic rings. The highest BCUT2D eigenvalue weighted by atomic mass is 32.1. The molecule has 2 rings (SSSR count). The standard InChI is InChI=1S/C16H21NO2S/c1-16(2)9-14(16)15(19)17(3)10-13-8-12(11-20-13)6-4-5-7-18/h8,11,14,18H,5,7,9-10H2,1-3H3. The summed E-state index contributed by atoms with van der Waals surface area (Å²) in [7, 11) is 1.87. The smallest absolute Gasteiger partial charge is 0.226 e. The molecule has 3 nitrogen and oxygen atoms in total. The van der Waals surface area contributed by atoms with Gasteiger partial charge in [0.05, 0.1) is 13.2 Å². The first-order valence-electron chi connectivity index (χ1n) is 6.86. The van der Waals surface area contributed by atoms with Crippen LogP contribution >= 0.6 is 11.3 Å². The zero-order valence-electron chi connectivity index (χ0n) is 12.3. The van der Waals surface area contributed by atoms with E-state index in [-0.39, 0.29) is 23.8 Å². The molecule has 1 saturated carbocycles. The Hall–Kier alpha value is -1.31. The lowest BCUT2D eigenvalue weighted by molar-refractivity contribution is -0.132. The van der Waals surface area contributed by atoms with Gasteiger partial charge in [-0.1, -0.05) is 25.7 Å². The molecule has 108 valence electrons. The molecule has 0 aliphatic heterocycles. The van der Waals surface area contributed by atoms with E-state index in [4.69, 9.17) is 5.11 Å². The average molecular weight is 291 g/mol. The van der Waals surface area contributed by atoms with Gasteiger partial charge in [-0.05, 0) is 17.9 Å². The Balaban J connectivity index is 1.91. The maximum atomic E-state index is 12.2. The minimum atomic E-state index is 0.0956. The van der Waals surface area contributed by atoms with Gasteiger partial charge < -0.3 is 10.0 Å². The average Bonchev–Trinajstić information content (AvgIpc) is 2.82. The van der Waals surface area contributed by atoms with Crippen LogP contribution in [0.25, 0.3) is 0 Å². The maximum Gasteiger partial charge on any atom is 0.226 e. The van der Waals surface area contributed by atoms with Crippen molar-refractivity contribution in [1.82, 2.24) is 4.90 Å². The Morgan fingerprint density at radius 3 is 2.90 bits per heavy atom. The summed E-state index contributed by atoms with van der Waals surface area (Å²) in [5.41, 5.74) is 1.15. The Labute approximate surface area is 124 Å². The number of aliphatic hydroxyl groups is 1. The molecule has 0 saturated heterocycles. The lowest BCUT2D eigenvalue weighted by atomic mass is 10.1. The molecule has 1 aliphatic rings. The van der Waals surface area contributed by atoms with Gasteiger partial charge in [0.25, 0.3) is 0 Å². The highest BCUT2D eigenvalue weighted by Crippen LogP contribution is 2.52. The first-order valence-corrected chi connectivity index (χ1v) is 7.74. The molecule has 1 unspecified atom stereocenters. The first kappa shape index (κ1) is 15.1. The van der Waals surface area contributed by atoms with Gasteiger partial charge in [0.2, 0.25) is 5.91 Å². The van der Waals surface area contributed by atoms with Gasteiger partial charge in [0.15, 0.2) is 0 Å². The number of hydrogen-bond acceptors (Lipinski definition) is 3. The van der Waals surface area contributed by atoms with Crippen LogP contribution in [0.5, 0.6) is 0 Å². The van der Waals surface area contributed by atoms with Crippen molar-refractivity contribution in [2.24, 2.45) is 11.3 Å². The molecule has 1 aromatic heterocycles. The number of nitrogens with zero attached hydrogens (tertiary/aromatic N) is 1. The summed E-state index contributed by atoms with van der Waals surface area (Å²) in [5, 5.41) is 10.7. The van der Waals surface area contributed by atoms with E-state index in [9.17, 15) is 4.79 Å². The van der Waals surface area contributed by atoms with Gasteiger partial charge in [0.1, 0.15) is 0 Å². The van der Waals surface area contributed by atoms with Crippen molar-refractivity contribution in [2.75, 3.05) is 13.7 Å². The number of thiophene rings is 1. The van der Waals surface area contributed by atoms with Crippen molar-refractivity contribution in [3.63, 3.8) is 0 Å². The molecule has 1 atom stereocenters. The number of carbonyl (C=O) groups is 1. The van der Waals surface area contributed by atoms with Crippen molar-refractivity contribution in [3.8, 4) is 11.8 Å². The van der Waals surface area contributed by atoms with Crippen LogP contribution in [-0.4, -0.2) is 29.6 Å². The van der Waals surface area contributed by atoms with E-state index in [1.165, 1.54) is 0 Å². The largest absolute Gasteiger partial charge is 0.395 e. The molecule has 0 bridgehead atoms. The van der Waals surface area contributed by atoms with Crippen LogP contribution in [0.4, 0.5) is 0 Å². The van der Waals surface area contributed by atoms with Gasteiger partial charge in [-0.15, -0.1) is 11.3 Å². The van der Waals surface area contributed by atoms with Crippen LogP contribution in [0.3, 0.4) is 0 Å². The molecule has 1 heterocycles. The molecule has 1 fully saturated rings. The van der Waals surface area contributed by atoms with E-state index in [1.807, 2.05) is 23.4 Å². The summed E-state index contributed by atoms with van der Waals surface area (Å²) in [5.74, 6) is 6.36. The molecule has 0 spiro atoms. The van der Waals surface area contributed by atoms with Crippen molar-refractivity contribution >= 4 is 17.2 Å². The highest BCUT2D eigenvalue weighted by molar-refractivity contribution is 7.10. The van der Waals surface area contributed by atoms with Crippen molar-refractivity contribution in [2.45, 2.75) is 33.2 Å². The molecule has 1 N–H and O–H groups in total. The summed E-state index contributed by atoms with van der Waals surface area (Å²) < 4.78 is 0. The van der Waals surface area contributed by atoms with Crippen LogP contribution in [0.2, 0.25) is 0 Å². The fraction of sp³-hybridized carbons (Fsp3) is 0.562. The summed E-state index contributed by atoms with van der Waals surface area (Å²) in [6.45, 7) is 5.03. The fourth-order valence-corrected chi connectivity index (χ4v) is 3.08. The zero-order valence-corrected chi connectivity index (χ0v) is 13.1. The predicted octanol–water partition coefficient (Wildman–Crippen LogP) is 2.49. The number of hydrogen-bond donors (Lipinski definition) is 1. The number of aliphatic hydroxyl groups excluding tert-OH is 1. The molecule has 20 heavy (non-hydrogen) atoms. The van der Waals surface area contributed by atoms with Gasteiger partial charge in [-0.2, -0.15) is 0 Å². The molecular weight excluding hydrogens is 270 g/mol. The monoisotopic (exact) mass is 291 g/mol.